The van der Waals surface area contributed by atoms with Crippen LogP contribution in [-0.2, 0) is 6.18 Å². The number of benzene rings is 1. The van der Waals surface area contributed by atoms with Gasteiger partial charge in [-0.25, -0.2) is 9.97 Å². The largest absolute Gasteiger partial charge is 0.495 e. The quantitative estimate of drug-likeness (QED) is 0.474. The average molecular weight is 405 g/mol. The zero-order valence-corrected chi connectivity index (χ0v) is 15.2. The summed E-state index contributed by atoms with van der Waals surface area (Å²) in [5.74, 6) is 0.390. The molecule has 3 aromatic heterocycles. The summed E-state index contributed by atoms with van der Waals surface area (Å²) in [6.45, 7) is 0. The molecule has 0 spiro atoms. The van der Waals surface area contributed by atoms with Crippen LogP contribution < -0.4 is 4.74 Å². The number of nitrogens with zero attached hydrogens (tertiary/aromatic N) is 4. The lowest BCUT2D eigenvalue weighted by Crippen LogP contribution is -2.08. The minimum atomic E-state index is -4.66. The van der Waals surface area contributed by atoms with Gasteiger partial charge < -0.3 is 4.74 Å². The summed E-state index contributed by atoms with van der Waals surface area (Å²) in [5, 5.41) is 0.543. The number of methoxy groups -OCH3 is 1. The first-order valence-electron chi connectivity index (χ1n) is 8.08. The van der Waals surface area contributed by atoms with Crippen LogP contribution in [0.3, 0.4) is 0 Å². The van der Waals surface area contributed by atoms with Gasteiger partial charge in [-0.1, -0.05) is 23.7 Å². The Balaban J connectivity index is 1.95. The van der Waals surface area contributed by atoms with Crippen molar-refractivity contribution in [1.82, 2.24) is 19.4 Å². The zero-order chi connectivity index (χ0) is 19.9. The lowest BCUT2D eigenvalue weighted by Gasteiger charge is -2.09. The van der Waals surface area contributed by atoms with Crippen molar-refractivity contribution in [2.75, 3.05) is 7.11 Å². The Morgan fingerprint density at radius 3 is 2.36 bits per heavy atom. The first kappa shape index (κ1) is 18.2. The Labute approximate surface area is 162 Å². The summed E-state index contributed by atoms with van der Waals surface area (Å²) in [6, 6.07) is 9.78. The van der Waals surface area contributed by atoms with E-state index in [1.54, 1.807) is 30.3 Å². The van der Waals surface area contributed by atoms with E-state index in [4.69, 9.17) is 16.3 Å². The molecule has 0 radical (unpaired) electrons. The number of halogens is 4. The van der Waals surface area contributed by atoms with Crippen molar-refractivity contribution in [3.05, 3.63) is 65.7 Å². The van der Waals surface area contributed by atoms with E-state index in [9.17, 15) is 13.2 Å². The van der Waals surface area contributed by atoms with Gasteiger partial charge in [-0.05, 0) is 24.3 Å². The smallest absolute Gasteiger partial charge is 0.435 e. The Hall–Kier alpha value is -3.13. The van der Waals surface area contributed by atoms with E-state index in [-0.39, 0.29) is 17.0 Å². The van der Waals surface area contributed by atoms with Crippen LogP contribution in [0, 0.1) is 0 Å². The van der Waals surface area contributed by atoms with Gasteiger partial charge in [-0.15, -0.1) is 0 Å². The van der Waals surface area contributed by atoms with E-state index in [1.807, 2.05) is 0 Å². The molecule has 0 bridgehead atoms. The van der Waals surface area contributed by atoms with E-state index in [1.165, 1.54) is 36.2 Å². The van der Waals surface area contributed by atoms with Gasteiger partial charge in [0.25, 0.3) is 0 Å². The van der Waals surface area contributed by atoms with E-state index in [0.29, 0.717) is 22.0 Å². The van der Waals surface area contributed by atoms with E-state index >= 15 is 0 Å². The monoisotopic (exact) mass is 404 g/mol. The first-order valence-corrected chi connectivity index (χ1v) is 8.46. The fraction of sp³-hybridized carbons (Fsp3) is 0.105. The molecule has 9 heteroatoms. The van der Waals surface area contributed by atoms with Gasteiger partial charge in [0.2, 0.25) is 0 Å². The van der Waals surface area contributed by atoms with Crippen LogP contribution in [0.1, 0.15) is 5.69 Å². The van der Waals surface area contributed by atoms with Crippen LogP contribution in [0.5, 0.6) is 5.75 Å². The van der Waals surface area contributed by atoms with Crippen molar-refractivity contribution >= 4 is 17.2 Å². The SMILES string of the molecule is COc1ccc2nc(C(F)(F)F)c(-c3cncc(-c4ccc(Cl)cc4)n3)n2c1. The lowest BCUT2D eigenvalue weighted by molar-refractivity contribution is -0.140. The molecule has 0 unspecified atom stereocenters. The molecule has 3 heterocycles. The molecule has 0 aliphatic heterocycles. The molecule has 28 heavy (non-hydrogen) atoms. The fourth-order valence-corrected chi connectivity index (χ4v) is 2.95. The van der Waals surface area contributed by atoms with Crippen molar-refractivity contribution in [3.63, 3.8) is 0 Å². The summed E-state index contributed by atoms with van der Waals surface area (Å²) in [4.78, 5) is 12.2. The number of hydrogen-bond donors (Lipinski definition) is 0. The molecule has 0 aliphatic carbocycles. The van der Waals surface area contributed by atoms with Gasteiger partial charge in [0.05, 0.1) is 31.4 Å². The molecule has 0 amide bonds. The van der Waals surface area contributed by atoms with E-state index in [0.717, 1.165) is 0 Å². The second kappa shape index (κ2) is 6.79. The average Bonchev–Trinajstić information content (AvgIpc) is 3.08. The van der Waals surface area contributed by atoms with Crippen LogP contribution >= 0.6 is 11.6 Å². The molecule has 4 aromatic rings. The third-order valence-corrected chi connectivity index (χ3v) is 4.36. The van der Waals surface area contributed by atoms with Crippen molar-refractivity contribution in [2.45, 2.75) is 6.18 Å². The molecular formula is C19H12ClF3N4O. The highest BCUT2D eigenvalue weighted by atomic mass is 35.5. The van der Waals surface area contributed by atoms with Gasteiger partial charge in [-0.2, -0.15) is 13.2 Å². The van der Waals surface area contributed by atoms with Gasteiger partial charge in [0.1, 0.15) is 22.8 Å². The van der Waals surface area contributed by atoms with Crippen molar-refractivity contribution in [3.8, 4) is 28.4 Å². The van der Waals surface area contributed by atoms with E-state index < -0.39 is 11.9 Å². The molecule has 0 fully saturated rings. The van der Waals surface area contributed by atoms with Crippen molar-refractivity contribution in [2.24, 2.45) is 0 Å². The highest BCUT2D eigenvalue weighted by Gasteiger charge is 2.39. The molecule has 0 saturated heterocycles. The molecule has 0 atom stereocenters. The predicted octanol–water partition coefficient (Wildman–Crippen LogP) is 5.14. The summed E-state index contributed by atoms with van der Waals surface area (Å²) < 4.78 is 47.4. The molecule has 5 nitrogen and oxygen atoms in total. The van der Waals surface area contributed by atoms with E-state index in [2.05, 4.69) is 15.0 Å². The minimum absolute atomic E-state index is 0.0422. The van der Waals surface area contributed by atoms with Crippen LogP contribution in [0.2, 0.25) is 5.02 Å². The van der Waals surface area contributed by atoms with Crippen molar-refractivity contribution in [1.29, 1.82) is 0 Å². The van der Waals surface area contributed by atoms with Gasteiger partial charge >= 0.3 is 6.18 Å². The number of aromatic nitrogens is 4. The normalized spacial score (nSPS) is 11.8. The topological polar surface area (TPSA) is 52.3 Å². The van der Waals surface area contributed by atoms with Crippen LogP contribution in [-0.4, -0.2) is 26.5 Å². The lowest BCUT2D eigenvalue weighted by atomic mass is 10.1. The Kier molecular flexibility index (Phi) is 4.43. The molecule has 4 rings (SSSR count). The number of imidazole rings is 1. The first-order chi connectivity index (χ1) is 13.4. The summed E-state index contributed by atoms with van der Waals surface area (Å²) in [5.41, 5.74) is 0.0224. The standard InChI is InChI=1S/C19H12ClF3N4O/c1-28-13-6-7-16-26-18(19(21,22)23)17(27(16)10-13)15-9-24-8-14(25-15)11-2-4-12(20)5-3-11/h2-10H,1H3. The number of rotatable bonds is 3. The van der Waals surface area contributed by atoms with Gasteiger partial charge in [-0.3, -0.25) is 9.38 Å². The Morgan fingerprint density at radius 1 is 0.964 bits per heavy atom. The maximum atomic E-state index is 13.7. The predicted molar refractivity (Wildman–Crippen MR) is 98.2 cm³/mol. The summed E-state index contributed by atoms with van der Waals surface area (Å²) in [6.07, 6.45) is -0.475. The van der Waals surface area contributed by atoms with Crippen molar-refractivity contribution < 1.29 is 17.9 Å². The number of hydrogen-bond acceptors (Lipinski definition) is 4. The number of fused-ring (bicyclic) bond motifs is 1. The molecule has 0 N–H and O–H groups in total. The maximum absolute atomic E-state index is 13.7. The number of ether oxygens (including phenoxy) is 1. The summed E-state index contributed by atoms with van der Waals surface area (Å²) >= 11 is 5.89. The Bertz CT molecular complexity index is 1160. The molecule has 1 aromatic carbocycles. The fourth-order valence-electron chi connectivity index (χ4n) is 2.83. The highest BCUT2D eigenvalue weighted by Crippen LogP contribution is 2.37. The Morgan fingerprint density at radius 2 is 1.68 bits per heavy atom. The number of pyridine rings is 1. The van der Waals surface area contributed by atoms with Crippen LogP contribution in [0.25, 0.3) is 28.3 Å². The third kappa shape index (κ3) is 3.27. The number of alkyl halides is 3. The zero-order valence-electron chi connectivity index (χ0n) is 14.4. The molecule has 0 saturated carbocycles. The maximum Gasteiger partial charge on any atom is 0.435 e. The second-order valence-corrected chi connectivity index (χ2v) is 6.34. The van der Waals surface area contributed by atoms with Crippen LogP contribution in [0.4, 0.5) is 13.2 Å². The third-order valence-electron chi connectivity index (χ3n) is 4.11. The molecule has 142 valence electrons. The van der Waals surface area contributed by atoms with Crippen LogP contribution in [0.15, 0.2) is 55.0 Å². The minimum Gasteiger partial charge on any atom is -0.495 e. The van der Waals surface area contributed by atoms with Gasteiger partial charge in [0, 0.05) is 10.6 Å². The molecular weight excluding hydrogens is 393 g/mol. The molecule has 0 aliphatic rings. The summed E-state index contributed by atoms with van der Waals surface area (Å²) in [7, 11) is 1.43. The van der Waals surface area contributed by atoms with Gasteiger partial charge in [0.15, 0.2) is 5.69 Å². The second-order valence-electron chi connectivity index (χ2n) is 5.90. The highest BCUT2D eigenvalue weighted by molar-refractivity contribution is 6.30.